The van der Waals surface area contributed by atoms with Crippen LogP contribution in [-0.4, -0.2) is 14.9 Å². The first-order valence-electron chi connectivity index (χ1n) is 8.04. The highest BCUT2D eigenvalue weighted by Crippen LogP contribution is 2.60. The Balaban J connectivity index is 1.84. The molecule has 0 spiro atoms. The van der Waals surface area contributed by atoms with Crippen molar-refractivity contribution < 1.29 is 4.43 Å². The van der Waals surface area contributed by atoms with Gasteiger partial charge in [0.15, 0.2) is 8.32 Å². The van der Waals surface area contributed by atoms with Gasteiger partial charge >= 0.3 is 0 Å². The number of benzene rings is 1. The number of rotatable bonds is 3. The third kappa shape index (κ3) is 1.99. The molecular formula is C19H28OSi. The van der Waals surface area contributed by atoms with E-state index in [0.29, 0.717) is 0 Å². The molecule has 0 heterocycles. The van der Waals surface area contributed by atoms with Crippen LogP contribution in [0.25, 0.3) is 0 Å². The van der Waals surface area contributed by atoms with Crippen LogP contribution in [-0.2, 0) is 16.3 Å². The molecule has 0 amide bonds. The maximum atomic E-state index is 6.59. The maximum absolute atomic E-state index is 6.59. The molecule has 0 aliphatic heterocycles. The van der Waals surface area contributed by atoms with Gasteiger partial charge in [0.2, 0.25) is 0 Å². The number of hydrogen-bond donors (Lipinski definition) is 0. The van der Waals surface area contributed by atoms with Gasteiger partial charge in [0, 0.05) is 17.4 Å². The Morgan fingerprint density at radius 2 is 1.81 bits per heavy atom. The van der Waals surface area contributed by atoms with Crippen molar-refractivity contribution in [2.24, 2.45) is 5.41 Å². The van der Waals surface area contributed by atoms with Crippen LogP contribution < -0.4 is 0 Å². The lowest BCUT2D eigenvalue weighted by Gasteiger charge is -2.50. The Hall–Kier alpha value is -0.863. The lowest BCUT2D eigenvalue weighted by molar-refractivity contribution is 0.111. The second-order valence-electron chi connectivity index (χ2n) is 8.57. The third-order valence-corrected chi connectivity index (χ3v) is 10.8. The van der Waals surface area contributed by atoms with Crippen LogP contribution in [0.3, 0.4) is 0 Å². The second kappa shape index (κ2) is 4.33. The maximum Gasteiger partial charge on any atom is 0.192 e. The Kier molecular flexibility index (Phi) is 3.10. The Morgan fingerprint density at radius 1 is 1.14 bits per heavy atom. The zero-order valence-corrected chi connectivity index (χ0v) is 15.3. The van der Waals surface area contributed by atoms with Gasteiger partial charge in [0.05, 0.1) is 0 Å². The second-order valence-corrected chi connectivity index (χ2v) is 13.4. The summed E-state index contributed by atoms with van der Waals surface area (Å²) in [5.41, 5.74) is 3.37. The monoisotopic (exact) mass is 300 g/mol. The third-order valence-electron chi connectivity index (χ3n) is 6.35. The summed E-state index contributed by atoms with van der Waals surface area (Å²) in [7, 11) is -1.69. The van der Waals surface area contributed by atoms with Crippen molar-refractivity contribution in [3.05, 3.63) is 47.5 Å². The SMILES string of the molecule is CC(C)(C)[Si](C)(C)OC[C@@]12C=C[C@]1(C)c1ccccc1C2. The highest BCUT2D eigenvalue weighted by atomic mass is 28.4. The van der Waals surface area contributed by atoms with E-state index in [2.05, 4.69) is 77.2 Å². The average Bonchev–Trinajstić information content (AvgIpc) is 2.55. The summed E-state index contributed by atoms with van der Waals surface area (Å²) < 4.78 is 6.59. The van der Waals surface area contributed by atoms with E-state index in [1.165, 1.54) is 11.1 Å². The van der Waals surface area contributed by atoms with Crippen molar-refractivity contribution in [3.8, 4) is 0 Å². The lowest BCUT2D eigenvalue weighted by atomic mass is 9.57. The van der Waals surface area contributed by atoms with Crippen molar-refractivity contribution >= 4 is 8.32 Å². The minimum atomic E-state index is -1.69. The molecule has 0 aromatic heterocycles. The van der Waals surface area contributed by atoms with E-state index in [4.69, 9.17) is 4.43 Å². The molecule has 3 rings (SSSR count). The molecule has 2 aliphatic carbocycles. The molecule has 1 nitrogen and oxygen atoms in total. The van der Waals surface area contributed by atoms with E-state index in [0.717, 1.165) is 13.0 Å². The Bertz CT molecular complexity index is 596. The normalized spacial score (nSPS) is 30.8. The molecule has 21 heavy (non-hydrogen) atoms. The van der Waals surface area contributed by atoms with E-state index < -0.39 is 8.32 Å². The predicted molar refractivity (Wildman–Crippen MR) is 92.2 cm³/mol. The molecule has 0 radical (unpaired) electrons. The summed E-state index contributed by atoms with van der Waals surface area (Å²) in [5.74, 6) is 0. The fourth-order valence-electron chi connectivity index (χ4n) is 3.47. The van der Waals surface area contributed by atoms with E-state index in [-0.39, 0.29) is 15.9 Å². The van der Waals surface area contributed by atoms with Crippen LogP contribution in [0.4, 0.5) is 0 Å². The topological polar surface area (TPSA) is 9.23 Å². The van der Waals surface area contributed by atoms with Crippen molar-refractivity contribution in [1.29, 1.82) is 0 Å². The molecule has 0 saturated carbocycles. The first-order chi connectivity index (χ1) is 9.61. The summed E-state index contributed by atoms with van der Waals surface area (Å²) in [6.45, 7) is 14.9. The molecule has 1 aromatic rings. The van der Waals surface area contributed by atoms with Gasteiger partial charge in [0.1, 0.15) is 0 Å². The first-order valence-corrected chi connectivity index (χ1v) is 10.9. The van der Waals surface area contributed by atoms with E-state index in [9.17, 15) is 0 Å². The highest BCUT2D eigenvalue weighted by molar-refractivity contribution is 6.74. The van der Waals surface area contributed by atoms with Crippen LogP contribution in [0.1, 0.15) is 38.8 Å². The Morgan fingerprint density at radius 3 is 2.38 bits per heavy atom. The standard InChI is InChI=1S/C19H28OSi/c1-17(2,3)21(5,6)20-14-19-12-11-18(19,4)16-10-8-7-9-15(16)13-19/h7-12H,13-14H2,1-6H3/t18-,19+/m1/s1. The van der Waals surface area contributed by atoms with Crippen LogP contribution in [0.5, 0.6) is 0 Å². The average molecular weight is 301 g/mol. The summed E-state index contributed by atoms with van der Waals surface area (Å²) in [6.07, 6.45) is 5.92. The fourth-order valence-corrected chi connectivity index (χ4v) is 4.52. The molecule has 0 N–H and O–H groups in total. The molecule has 2 heteroatoms. The number of allylic oxidation sites excluding steroid dienone is 1. The van der Waals surface area contributed by atoms with Gasteiger partial charge in [-0.05, 0) is 35.7 Å². The molecule has 1 aromatic carbocycles. The quantitative estimate of drug-likeness (QED) is 0.559. The van der Waals surface area contributed by atoms with Gasteiger partial charge in [-0.1, -0.05) is 64.1 Å². The van der Waals surface area contributed by atoms with Gasteiger partial charge in [0.25, 0.3) is 0 Å². The van der Waals surface area contributed by atoms with Crippen LogP contribution in [0.2, 0.25) is 18.1 Å². The molecule has 0 fully saturated rings. The van der Waals surface area contributed by atoms with Crippen molar-refractivity contribution in [1.82, 2.24) is 0 Å². The summed E-state index contributed by atoms with van der Waals surface area (Å²) >= 11 is 0. The van der Waals surface area contributed by atoms with Gasteiger partial charge in [-0.3, -0.25) is 0 Å². The van der Waals surface area contributed by atoms with Crippen molar-refractivity contribution in [3.63, 3.8) is 0 Å². The van der Waals surface area contributed by atoms with Crippen LogP contribution >= 0.6 is 0 Å². The number of fused-ring (bicyclic) bond motifs is 3. The highest BCUT2D eigenvalue weighted by Gasteiger charge is 2.57. The largest absolute Gasteiger partial charge is 0.416 e. The van der Waals surface area contributed by atoms with E-state index in [1.54, 1.807) is 0 Å². The molecule has 0 saturated heterocycles. The molecular weight excluding hydrogens is 272 g/mol. The van der Waals surface area contributed by atoms with Crippen LogP contribution in [0, 0.1) is 5.41 Å². The number of hydrogen-bond acceptors (Lipinski definition) is 1. The van der Waals surface area contributed by atoms with Crippen molar-refractivity contribution in [2.75, 3.05) is 6.61 Å². The first kappa shape index (κ1) is 15.0. The van der Waals surface area contributed by atoms with Gasteiger partial charge in [-0.2, -0.15) is 0 Å². The fraction of sp³-hybridized carbons (Fsp3) is 0.579. The van der Waals surface area contributed by atoms with Crippen molar-refractivity contribution in [2.45, 2.75) is 57.7 Å². The summed E-state index contributed by atoms with van der Waals surface area (Å²) in [6, 6.07) is 8.91. The smallest absolute Gasteiger partial charge is 0.192 e. The minimum Gasteiger partial charge on any atom is -0.416 e. The summed E-state index contributed by atoms with van der Waals surface area (Å²) in [4.78, 5) is 0. The predicted octanol–water partition coefficient (Wildman–Crippen LogP) is 5.08. The molecule has 0 unspecified atom stereocenters. The van der Waals surface area contributed by atoms with Crippen LogP contribution in [0.15, 0.2) is 36.4 Å². The molecule has 0 bridgehead atoms. The lowest BCUT2D eigenvalue weighted by Crippen LogP contribution is -2.51. The van der Waals surface area contributed by atoms with Gasteiger partial charge < -0.3 is 4.43 Å². The molecule has 2 aliphatic rings. The molecule has 114 valence electrons. The van der Waals surface area contributed by atoms with Gasteiger partial charge in [-0.25, -0.2) is 0 Å². The molecule has 2 atom stereocenters. The zero-order valence-electron chi connectivity index (χ0n) is 14.3. The summed E-state index contributed by atoms with van der Waals surface area (Å²) in [5, 5.41) is 0.277. The minimum absolute atomic E-state index is 0.173. The van der Waals surface area contributed by atoms with Gasteiger partial charge in [-0.15, -0.1) is 0 Å². The van der Waals surface area contributed by atoms with E-state index >= 15 is 0 Å². The zero-order chi connectivity index (χ0) is 15.5. The Labute approximate surface area is 130 Å². The van der Waals surface area contributed by atoms with E-state index in [1.807, 2.05) is 0 Å².